The van der Waals surface area contributed by atoms with Gasteiger partial charge in [0.25, 0.3) is 0 Å². The summed E-state index contributed by atoms with van der Waals surface area (Å²) in [6.45, 7) is 0.601. The molecule has 18 nitrogen and oxygen atoms in total. The van der Waals surface area contributed by atoms with E-state index >= 15 is 0 Å². The molecule has 0 aromatic heterocycles. The van der Waals surface area contributed by atoms with Crippen molar-refractivity contribution < 1.29 is 34.2 Å². The number of hydrogen-bond acceptors (Lipinski definition) is 9. The van der Waals surface area contributed by atoms with E-state index in [1.807, 2.05) is 0 Å². The summed E-state index contributed by atoms with van der Waals surface area (Å²) in [6.07, 6.45) is 1.75. The van der Waals surface area contributed by atoms with E-state index in [1.54, 1.807) is 42.5 Å². The Hall–Kier alpha value is -5.91. The highest BCUT2D eigenvalue weighted by Crippen LogP contribution is 2.21. The maximum absolute atomic E-state index is 14.2. The van der Waals surface area contributed by atoms with Gasteiger partial charge in [0.05, 0.1) is 6.04 Å². The Labute approximate surface area is 307 Å². The number of benzene rings is 2. The smallest absolute Gasteiger partial charge is 0.326 e. The fourth-order valence-corrected chi connectivity index (χ4v) is 5.86. The number of rotatable bonds is 20. The molecule has 1 heterocycles. The maximum Gasteiger partial charge on any atom is 0.326 e. The van der Waals surface area contributed by atoms with Crippen LogP contribution in [0.1, 0.15) is 49.7 Å². The van der Waals surface area contributed by atoms with Crippen LogP contribution in [-0.4, -0.2) is 106 Å². The Morgan fingerprint density at radius 1 is 0.755 bits per heavy atom. The number of likely N-dealkylation sites (tertiary alicyclic amines) is 1. The van der Waals surface area contributed by atoms with E-state index in [4.69, 9.17) is 28.7 Å². The van der Waals surface area contributed by atoms with E-state index in [0.717, 1.165) is 0 Å². The Kier molecular flexibility index (Phi) is 16.3. The molecule has 0 bridgehead atoms. The molecule has 3 rings (SSSR count). The van der Waals surface area contributed by atoms with E-state index in [2.05, 4.69) is 25.9 Å². The van der Waals surface area contributed by atoms with E-state index in [-0.39, 0.29) is 75.8 Å². The van der Waals surface area contributed by atoms with Crippen molar-refractivity contribution in [1.82, 2.24) is 20.9 Å². The molecule has 1 aliphatic heterocycles. The number of nitrogens with zero attached hydrogens (tertiary/aromatic N) is 3. The van der Waals surface area contributed by atoms with Crippen LogP contribution in [0.4, 0.5) is 0 Å². The quantitative estimate of drug-likeness (QED) is 0.0407. The number of guanidine groups is 2. The summed E-state index contributed by atoms with van der Waals surface area (Å²) in [6, 6.07) is 9.29. The zero-order valence-corrected chi connectivity index (χ0v) is 29.5. The van der Waals surface area contributed by atoms with Crippen LogP contribution in [0, 0.1) is 0 Å². The second-order valence-corrected chi connectivity index (χ2v) is 12.8. The molecular formula is C35H51N11O7. The molecule has 0 saturated carbocycles. The summed E-state index contributed by atoms with van der Waals surface area (Å²) in [5.41, 5.74) is 29.0. The Morgan fingerprint density at radius 3 is 1.92 bits per heavy atom. The number of carboxylic acids is 1. The van der Waals surface area contributed by atoms with Crippen LogP contribution in [0.2, 0.25) is 0 Å². The summed E-state index contributed by atoms with van der Waals surface area (Å²) in [5, 5.41) is 27.7. The number of carbonyl (C=O) groups is 5. The molecular weight excluding hydrogens is 686 g/mol. The molecule has 5 atom stereocenters. The molecule has 288 valence electrons. The highest BCUT2D eigenvalue weighted by atomic mass is 16.4. The largest absolute Gasteiger partial charge is 0.508 e. The lowest BCUT2D eigenvalue weighted by Gasteiger charge is -2.30. The lowest BCUT2D eigenvalue weighted by Crippen LogP contribution is -2.59. The van der Waals surface area contributed by atoms with Crippen molar-refractivity contribution in [2.75, 3.05) is 19.6 Å². The van der Waals surface area contributed by atoms with Crippen LogP contribution >= 0.6 is 0 Å². The molecule has 4 amide bonds. The number of aliphatic imine (C=N–C) groups is 2. The molecule has 2 aromatic carbocycles. The van der Waals surface area contributed by atoms with Crippen molar-refractivity contribution >= 4 is 41.5 Å². The molecule has 0 spiro atoms. The first-order valence-electron chi connectivity index (χ1n) is 17.4. The van der Waals surface area contributed by atoms with Gasteiger partial charge in [0.2, 0.25) is 23.6 Å². The molecule has 18 heteroatoms. The van der Waals surface area contributed by atoms with Gasteiger partial charge in [0.15, 0.2) is 11.9 Å². The van der Waals surface area contributed by atoms with Crippen molar-refractivity contribution in [3.05, 3.63) is 65.7 Å². The average molecular weight is 738 g/mol. The molecule has 1 aliphatic rings. The fourth-order valence-electron chi connectivity index (χ4n) is 5.86. The average Bonchev–Trinajstić information content (AvgIpc) is 3.62. The van der Waals surface area contributed by atoms with Crippen LogP contribution in [0.5, 0.6) is 5.75 Å². The van der Waals surface area contributed by atoms with E-state index in [9.17, 15) is 34.2 Å². The van der Waals surface area contributed by atoms with Gasteiger partial charge in [-0.2, -0.15) is 0 Å². The van der Waals surface area contributed by atoms with Crippen molar-refractivity contribution in [1.29, 1.82) is 0 Å². The van der Waals surface area contributed by atoms with E-state index in [0.29, 0.717) is 24.0 Å². The summed E-state index contributed by atoms with van der Waals surface area (Å²) in [4.78, 5) is 76.0. The number of carbonyl (C=O) groups excluding carboxylic acids is 4. The van der Waals surface area contributed by atoms with Gasteiger partial charge in [-0.3, -0.25) is 29.2 Å². The number of carboxylic acid groups (broad SMARTS) is 1. The number of aromatic hydroxyl groups is 1. The summed E-state index contributed by atoms with van der Waals surface area (Å²) in [7, 11) is 0. The number of hydrogen-bond donors (Lipinski definition) is 10. The predicted octanol–water partition coefficient (Wildman–Crippen LogP) is -1.86. The maximum atomic E-state index is 14.2. The third kappa shape index (κ3) is 14.0. The van der Waals surface area contributed by atoms with Gasteiger partial charge in [-0.15, -0.1) is 0 Å². The SMILES string of the molecule is NC(N)=NCCC[C@H](NC(=O)[C@@H](N)CCCN=C(N)N)C(=O)N[C@@H](Cc1ccc(O)cc1)C(=O)N1CCC[C@H]1C(=O)N[C@@H](Cc1ccccc1)C(=O)O. The minimum Gasteiger partial charge on any atom is -0.508 e. The molecule has 0 unspecified atom stereocenters. The third-order valence-corrected chi connectivity index (χ3v) is 8.61. The molecule has 0 aliphatic carbocycles. The van der Waals surface area contributed by atoms with Crippen molar-refractivity contribution in [3.8, 4) is 5.75 Å². The second-order valence-electron chi connectivity index (χ2n) is 12.8. The summed E-state index contributed by atoms with van der Waals surface area (Å²) in [5.74, 6) is -3.98. The van der Waals surface area contributed by atoms with Gasteiger partial charge >= 0.3 is 5.97 Å². The molecule has 1 saturated heterocycles. The first kappa shape index (κ1) is 41.5. The Bertz CT molecular complexity index is 1600. The van der Waals surface area contributed by atoms with Gasteiger partial charge in [0.1, 0.15) is 29.9 Å². The topological polar surface area (TPSA) is 320 Å². The highest BCUT2D eigenvalue weighted by molar-refractivity contribution is 5.96. The molecule has 15 N–H and O–H groups in total. The highest BCUT2D eigenvalue weighted by Gasteiger charge is 2.39. The van der Waals surface area contributed by atoms with Gasteiger partial charge in [-0.25, -0.2) is 4.79 Å². The first-order valence-corrected chi connectivity index (χ1v) is 17.4. The molecule has 2 aromatic rings. The minimum absolute atomic E-state index is 0.00128. The van der Waals surface area contributed by atoms with E-state index in [1.165, 1.54) is 17.0 Å². The normalized spacial score (nSPS) is 15.9. The van der Waals surface area contributed by atoms with Gasteiger partial charge < -0.3 is 59.7 Å². The number of nitrogens with two attached hydrogens (primary N) is 5. The number of phenols is 1. The Balaban J connectivity index is 1.82. The van der Waals surface area contributed by atoms with Crippen LogP contribution in [0.25, 0.3) is 0 Å². The standard InChI is InChI=1S/C35H51N11O7/c36-24(9-4-16-41-34(37)38)29(48)43-25(10-5-17-42-35(39)40)30(49)44-26(19-22-12-14-23(47)15-13-22)32(51)46-18-6-11-28(46)31(50)45-27(33(52)53)20-21-7-2-1-3-8-21/h1-3,7-8,12-15,24-28,47H,4-6,9-11,16-20,36H2,(H,43,48)(H,44,49)(H,45,50)(H,52,53)(H4,37,38,41)(H4,39,40,42)/t24-,25-,26-,27-,28-/m0/s1. The first-order chi connectivity index (χ1) is 25.2. The lowest BCUT2D eigenvalue weighted by atomic mass is 10.0. The molecule has 0 radical (unpaired) electrons. The van der Waals surface area contributed by atoms with Crippen LogP contribution < -0.4 is 44.6 Å². The van der Waals surface area contributed by atoms with Gasteiger partial charge in [0, 0.05) is 32.5 Å². The van der Waals surface area contributed by atoms with Crippen LogP contribution in [-0.2, 0) is 36.8 Å². The third-order valence-electron chi connectivity index (χ3n) is 8.61. The zero-order valence-electron chi connectivity index (χ0n) is 29.5. The van der Waals surface area contributed by atoms with E-state index < -0.39 is 59.8 Å². The molecule has 53 heavy (non-hydrogen) atoms. The number of aliphatic carboxylic acids is 1. The lowest BCUT2D eigenvalue weighted by molar-refractivity contribution is -0.145. The predicted molar refractivity (Wildman–Crippen MR) is 198 cm³/mol. The van der Waals surface area contributed by atoms with Crippen molar-refractivity contribution in [3.63, 3.8) is 0 Å². The minimum atomic E-state index is -1.24. The Morgan fingerprint density at radius 2 is 1.32 bits per heavy atom. The van der Waals surface area contributed by atoms with Crippen LogP contribution in [0.3, 0.4) is 0 Å². The summed E-state index contributed by atoms with van der Waals surface area (Å²) >= 11 is 0. The monoisotopic (exact) mass is 737 g/mol. The number of nitrogens with one attached hydrogen (secondary N) is 3. The van der Waals surface area contributed by atoms with Crippen molar-refractivity contribution in [2.45, 2.75) is 81.6 Å². The zero-order chi connectivity index (χ0) is 38.9. The number of amides is 4. The van der Waals surface area contributed by atoms with Gasteiger partial charge in [-0.05, 0) is 61.8 Å². The molecule has 1 fully saturated rings. The van der Waals surface area contributed by atoms with Crippen LogP contribution in [0.15, 0.2) is 64.6 Å². The fraction of sp³-hybridized carbons (Fsp3) is 0.457. The number of phenolic OH excluding ortho intramolecular Hbond substituents is 1. The van der Waals surface area contributed by atoms with Crippen molar-refractivity contribution in [2.24, 2.45) is 38.7 Å². The van der Waals surface area contributed by atoms with Gasteiger partial charge in [-0.1, -0.05) is 42.5 Å². The second kappa shape index (κ2) is 20.8. The summed E-state index contributed by atoms with van der Waals surface area (Å²) < 4.78 is 0.